The highest BCUT2D eigenvalue weighted by Gasteiger charge is 2.14. The van der Waals surface area contributed by atoms with Gasteiger partial charge in [-0.2, -0.15) is 0 Å². The second kappa shape index (κ2) is 5.85. The fourth-order valence-corrected chi connectivity index (χ4v) is 2.24. The van der Waals surface area contributed by atoms with Crippen molar-refractivity contribution in [3.63, 3.8) is 0 Å². The van der Waals surface area contributed by atoms with Crippen molar-refractivity contribution >= 4 is 11.4 Å². The maximum Gasteiger partial charge on any atom is 0.123 e. The third kappa shape index (κ3) is 2.93. The van der Waals surface area contributed by atoms with Crippen LogP contribution >= 0.6 is 0 Å². The van der Waals surface area contributed by atoms with Crippen molar-refractivity contribution in [2.45, 2.75) is 19.9 Å². The molecule has 2 aromatic carbocycles. The van der Waals surface area contributed by atoms with E-state index < -0.39 is 0 Å². The molecule has 0 unspecified atom stereocenters. The Morgan fingerprint density at radius 3 is 2.42 bits per heavy atom. The first-order valence-electron chi connectivity index (χ1n) is 6.51. The molecule has 1 atom stereocenters. The maximum atomic E-state index is 13.4. The Balaban J connectivity index is 2.50. The van der Waals surface area contributed by atoms with Gasteiger partial charge in [0, 0.05) is 24.0 Å². The van der Waals surface area contributed by atoms with Crippen LogP contribution in [0.2, 0.25) is 0 Å². The summed E-state index contributed by atoms with van der Waals surface area (Å²) in [5, 5.41) is 0. The van der Waals surface area contributed by atoms with Gasteiger partial charge in [-0.15, -0.1) is 0 Å². The van der Waals surface area contributed by atoms with Crippen molar-refractivity contribution in [1.29, 1.82) is 0 Å². The molecule has 0 spiro atoms. The van der Waals surface area contributed by atoms with Crippen LogP contribution in [-0.2, 0) is 0 Å². The fraction of sp³-hybridized carbons (Fsp3) is 0.250. The molecule has 0 aliphatic carbocycles. The van der Waals surface area contributed by atoms with Gasteiger partial charge in [0.2, 0.25) is 0 Å². The topological polar surface area (TPSA) is 29.3 Å². The number of halogens is 1. The average Bonchev–Trinajstić information content (AvgIpc) is 2.42. The van der Waals surface area contributed by atoms with Crippen molar-refractivity contribution in [1.82, 2.24) is 0 Å². The van der Waals surface area contributed by atoms with Crippen molar-refractivity contribution in [3.8, 4) is 0 Å². The second-order valence-electron chi connectivity index (χ2n) is 4.57. The molecule has 3 heteroatoms. The second-order valence-corrected chi connectivity index (χ2v) is 4.57. The number of hydrogen-bond donors (Lipinski definition) is 1. The van der Waals surface area contributed by atoms with Crippen LogP contribution in [0, 0.1) is 5.82 Å². The smallest absolute Gasteiger partial charge is 0.123 e. The highest BCUT2D eigenvalue weighted by atomic mass is 19.1. The van der Waals surface area contributed by atoms with Gasteiger partial charge in [-0.05, 0) is 49.7 Å². The highest BCUT2D eigenvalue weighted by Crippen LogP contribution is 2.31. The molecular formula is C16H19FN2. The summed E-state index contributed by atoms with van der Waals surface area (Å²) in [6.45, 7) is 4.74. The summed E-state index contributed by atoms with van der Waals surface area (Å²) in [6, 6.07) is 14.6. The third-order valence-electron chi connectivity index (χ3n) is 3.16. The van der Waals surface area contributed by atoms with Gasteiger partial charge in [-0.1, -0.05) is 18.2 Å². The van der Waals surface area contributed by atoms with Gasteiger partial charge >= 0.3 is 0 Å². The molecule has 0 heterocycles. The van der Waals surface area contributed by atoms with Crippen molar-refractivity contribution in [2.24, 2.45) is 5.73 Å². The Morgan fingerprint density at radius 1 is 1.16 bits per heavy atom. The lowest BCUT2D eigenvalue weighted by Gasteiger charge is -2.27. The van der Waals surface area contributed by atoms with Crippen LogP contribution in [0.4, 0.5) is 15.8 Å². The quantitative estimate of drug-likeness (QED) is 0.898. The number of hydrogen-bond acceptors (Lipinski definition) is 2. The summed E-state index contributed by atoms with van der Waals surface area (Å²) in [5.41, 5.74) is 8.83. The first-order chi connectivity index (χ1) is 9.13. The van der Waals surface area contributed by atoms with E-state index in [0.29, 0.717) is 0 Å². The summed E-state index contributed by atoms with van der Waals surface area (Å²) in [5.74, 6) is -0.250. The van der Waals surface area contributed by atoms with E-state index in [9.17, 15) is 4.39 Å². The van der Waals surface area contributed by atoms with Gasteiger partial charge in [0.1, 0.15) is 5.82 Å². The van der Waals surface area contributed by atoms with Crippen LogP contribution in [0.1, 0.15) is 25.5 Å². The number of nitrogens with zero attached hydrogens (tertiary/aromatic N) is 1. The standard InChI is InChI=1S/C16H19FN2/c1-3-19(14-7-5-4-6-8-14)16-10-9-13(17)11-15(16)12(2)18/h4-12H,3,18H2,1-2H3/t12-/m1/s1. The predicted molar refractivity (Wildman–Crippen MR) is 78.1 cm³/mol. The minimum Gasteiger partial charge on any atom is -0.341 e. The normalized spacial score (nSPS) is 12.2. The number of benzene rings is 2. The summed E-state index contributed by atoms with van der Waals surface area (Å²) in [6.07, 6.45) is 0. The van der Waals surface area contributed by atoms with Gasteiger partial charge in [0.05, 0.1) is 0 Å². The fourth-order valence-electron chi connectivity index (χ4n) is 2.24. The molecule has 0 aromatic heterocycles. The van der Waals surface area contributed by atoms with Crippen LogP contribution < -0.4 is 10.6 Å². The zero-order valence-electron chi connectivity index (χ0n) is 11.3. The molecule has 0 saturated carbocycles. The van der Waals surface area contributed by atoms with Crippen LogP contribution in [0.15, 0.2) is 48.5 Å². The lowest BCUT2D eigenvalue weighted by molar-refractivity contribution is 0.622. The molecule has 19 heavy (non-hydrogen) atoms. The zero-order chi connectivity index (χ0) is 13.8. The minimum absolute atomic E-state index is 0.205. The zero-order valence-corrected chi connectivity index (χ0v) is 11.3. The molecule has 0 amide bonds. The largest absolute Gasteiger partial charge is 0.341 e. The van der Waals surface area contributed by atoms with Crippen LogP contribution in [-0.4, -0.2) is 6.54 Å². The third-order valence-corrected chi connectivity index (χ3v) is 3.16. The van der Waals surface area contributed by atoms with Gasteiger partial charge in [-0.3, -0.25) is 0 Å². The van der Waals surface area contributed by atoms with Crippen molar-refractivity contribution < 1.29 is 4.39 Å². The number of para-hydroxylation sites is 1. The molecular weight excluding hydrogens is 239 g/mol. The first kappa shape index (κ1) is 13.6. The lowest BCUT2D eigenvalue weighted by atomic mass is 10.0. The van der Waals surface area contributed by atoms with Crippen LogP contribution in [0.25, 0.3) is 0 Å². The molecule has 0 aliphatic heterocycles. The Bertz CT molecular complexity index is 538. The molecule has 2 aromatic rings. The van der Waals surface area contributed by atoms with Gasteiger partial charge in [0.15, 0.2) is 0 Å². The molecule has 2 N–H and O–H groups in total. The van der Waals surface area contributed by atoms with E-state index in [1.54, 1.807) is 6.07 Å². The molecule has 2 nitrogen and oxygen atoms in total. The number of rotatable bonds is 4. The molecule has 0 radical (unpaired) electrons. The molecule has 2 rings (SSSR count). The SMILES string of the molecule is CCN(c1ccccc1)c1ccc(F)cc1[C@@H](C)N. The Kier molecular flexibility index (Phi) is 4.17. The number of nitrogens with two attached hydrogens (primary N) is 1. The Labute approximate surface area is 113 Å². The summed E-state index contributed by atoms with van der Waals surface area (Å²) >= 11 is 0. The van der Waals surface area contributed by atoms with E-state index in [4.69, 9.17) is 5.73 Å². The predicted octanol–water partition coefficient (Wildman–Crippen LogP) is 4.00. The van der Waals surface area contributed by atoms with Gasteiger partial charge < -0.3 is 10.6 Å². The van der Waals surface area contributed by atoms with Crippen molar-refractivity contribution in [3.05, 3.63) is 59.9 Å². The van der Waals surface area contributed by atoms with Gasteiger partial charge in [0.25, 0.3) is 0 Å². The molecule has 100 valence electrons. The van der Waals surface area contributed by atoms with E-state index in [0.717, 1.165) is 23.5 Å². The Morgan fingerprint density at radius 2 is 1.84 bits per heavy atom. The lowest BCUT2D eigenvalue weighted by Crippen LogP contribution is -2.20. The van der Waals surface area contributed by atoms with Crippen LogP contribution in [0.5, 0.6) is 0 Å². The van der Waals surface area contributed by atoms with E-state index in [2.05, 4.69) is 11.8 Å². The van der Waals surface area contributed by atoms with Gasteiger partial charge in [-0.25, -0.2) is 4.39 Å². The van der Waals surface area contributed by atoms with Crippen LogP contribution in [0.3, 0.4) is 0 Å². The van der Waals surface area contributed by atoms with E-state index in [1.807, 2.05) is 37.3 Å². The molecule has 0 bridgehead atoms. The summed E-state index contributed by atoms with van der Waals surface area (Å²) < 4.78 is 13.4. The number of anilines is 2. The van der Waals surface area contributed by atoms with Crippen molar-refractivity contribution in [2.75, 3.05) is 11.4 Å². The first-order valence-corrected chi connectivity index (χ1v) is 6.51. The van der Waals surface area contributed by atoms with E-state index in [-0.39, 0.29) is 11.9 Å². The molecule has 0 aliphatic rings. The molecule has 0 saturated heterocycles. The molecule has 0 fully saturated rings. The highest BCUT2D eigenvalue weighted by molar-refractivity contribution is 5.67. The minimum atomic E-state index is -0.250. The Hall–Kier alpha value is -1.87. The summed E-state index contributed by atoms with van der Waals surface area (Å²) in [7, 11) is 0. The maximum absolute atomic E-state index is 13.4. The van der Waals surface area contributed by atoms with E-state index >= 15 is 0 Å². The average molecular weight is 258 g/mol. The monoisotopic (exact) mass is 258 g/mol. The summed E-state index contributed by atoms with van der Waals surface area (Å²) in [4.78, 5) is 2.14. The van der Waals surface area contributed by atoms with E-state index in [1.165, 1.54) is 12.1 Å².